The predicted octanol–water partition coefficient (Wildman–Crippen LogP) is 18.3. The molecule has 17 nitrogen and oxygen atoms in total. The van der Waals surface area contributed by atoms with Crippen molar-refractivity contribution in [3.05, 3.63) is 0 Å². The average molecular weight is 1260 g/mol. The molecule has 0 heterocycles. The molecule has 3 N–H and O–H groups in total. The van der Waals surface area contributed by atoms with E-state index in [1.165, 1.54) is 122 Å². The van der Waals surface area contributed by atoms with Crippen LogP contribution in [-0.4, -0.2) is 96.7 Å². The molecule has 0 aromatic carbocycles. The van der Waals surface area contributed by atoms with E-state index in [0.29, 0.717) is 31.6 Å². The van der Waals surface area contributed by atoms with Gasteiger partial charge in [-0.05, 0) is 43.4 Å². The Balaban J connectivity index is 5.18. The smallest absolute Gasteiger partial charge is 0.462 e. The number of phosphoric acid groups is 2. The molecule has 0 aromatic rings. The van der Waals surface area contributed by atoms with E-state index in [1.54, 1.807) is 0 Å². The normalized spacial score (nSPS) is 14.6. The second-order valence-electron chi connectivity index (χ2n) is 25.1. The zero-order valence-corrected chi connectivity index (χ0v) is 56.9. The minimum Gasteiger partial charge on any atom is -0.462 e. The summed E-state index contributed by atoms with van der Waals surface area (Å²) in [5.74, 6) is 0.0628. The van der Waals surface area contributed by atoms with E-state index < -0.39 is 97.5 Å². The van der Waals surface area contributed by atoms with Gasteiger partial charge in [-0.3, -0.25) is 37.3 Å². The van der Waals surface area contributed by atoms with Crippen molar-refractivity contribution < 1.29 is 80.2 Å². The van der Waals surface area contributed by atoms with Crippen molar-refractivity contribution in [2.24, 2.45) is 17.8 Å². The van der Waals surface area contributed by atoms with Crippen LogP contribution in [0, 0.1) is 17.8 Å². The van der Waals surface area contributed by atoms with Crippen molar-refractivity contribution >= 4 is 39.5 Å². The summed E-state index contributed by atoms with van der Waals surface area (Å²) in [7, 11) is -9.89. The van der Waals surface area contributed by atoms with Crippen LogP contribution >= 0.6 is 15.6 Å². The van der Waals surface area contributed by atoms with Crippen molar-refractivity contribution in [3.63, 3.8) is 0 Å². The minimum absolute atomic E-state index is 0.101. The molecule has 19 heteroatoms. The number of phosphoric ester groups is 2. The SMILES string of the molecule is CCCCCCCCCCC(=O)OC[C@H](COP(=O)(O)OC[C@H](O)COP(=O)(O)OC[C@@H](COC(=O)CCCCCCCCC(C)CC)OC(=O)CCCCCCCCCCCCCCCCCC(C)C)OC(=O)CCCCCCCCC(C)C. The molecule has 0 aliphatic carbocycles. The highest BCUT2D eigenvalue weighted by atomic mass is 31.2. The van der Waals surface area contributed by atoms with Crippen molar-refractivity contribution in [2.75, 3.05) is 39.6 Å². The van der Waals surface area contributed by atoms with Gasteiger partial charge in [0, 0.05) is 25.7 Å². The molecule has 0 aliphatic rings. The average Bonchev–Trinajstić information content (AvgIpc) is 3.52. The Labute approximate surface area is 517 Å². The fourth-order valence-electron chi connectivity index (χ4n) is 9.80. The van der Waals surface area contributed by atoms with Gasteiger partial charge >= 0.3 is 39.5 Å². The third-order valence-electron chi connectivity index (χ3n) is 15.5. The maximum atomic E-state index is 13.0. The third kappa shape index (κ3) is 59.5. The fourth-order valence-corrected chi connectivity index (χ4v) is 11.4. The number of unbranched alkanes of at least 4 members (excludes halogenated alkanes) is 31. The van der Waals surface area contributed by atoms with Crippen LogP contribution in [0.2, 0.25) is 0 Å². The molecule has 0 fully saturated rings. The molecule has 504 valence electrons. The number of esters is 4. The number of carbonyl (C=O) groups excluding carboxylic acids is 4. The van der Waals surface area contributed by atoms with Crippen molar-refractivity contribution in [2.45, 2.75) is 343 Å². The molecule has 6 atom stereocenters. The topological polar surface area (TPSA) is 237 Å². The molecule has 0 saturated heterocycles. The summed E-state index contributed by atoms with van der Waals surface area (Å²) < 4.78 is 68.0. The number of aliphatic hydroxyl groups excluding tert-OH is 1. The molecule has 0 radical (unpaired) electrons. The first kappa shape index (κ1) is 83.1. The molecule has 0 bridgehead atoms. The molecular formula is C66H128O17P2. The summed E-state index contributed by atoms with van der Waals surface area (Å²) in [6, 6.07) is 0. The largest absolute Gasteiger partial charge is 0.472 e. The van der Waals surface area contributed by atoms with Crippen LogP contribution < -0.4 is 0 Å². The summed E-state index contributed by atoms with van der Waals surface area (Å²) in [6.07, 6.45) is 39.2. The van der Waals surface area contributed by atoms with Gasteiger partial charge in [0.15, 0.2) is 12.2 Å². The lowest BCUT2D eigenvalue weighted by Crippen LogP contribution is -2.30. The Hall–Kier alpha value is -1.94. The molecule has 0 aliphatic heterocycles. The van der Waals surface area contributed by atoms with Gasteiger partial charge in [-0.25, -0.2) is 9.13 Å². The molecule has 85 heavy (non-hydrogen) atoms. The Morgan fingerprint density at radius 2 is 0.600 bits per heavy atom. The van der Waals surface area contributed by atoms with Gasteiger partial charge < -0.3 is 33.8 Å². The minimum atomic E-state index is -4.95. The van der Waals surface area contributed by atoms with E-state index in [1.807, 2.05) is 0 Å². The molecular weight excluding hydrogens is 1130 g/mol. The zero-order chi connectivity index (χ0) is 63.1. The van der Waals surface area contributed by atoms with Gasteiger partial charge in [0.1, 0.15) is 19.3 Å². The van der Waals surface area contributed by atoms with Crippen molar-refractivity contribution in [3.8, 4) is 0 Å². The summed E-state index contributed by atoms with van der Waals surface area (Å²) in [4.78, 5) is 72.2. The van der Waals surface area contributed by atoms with Crippen LogP contribution in [-0.2, 0) is 65.4 Å². The summed E-state index contributed by atoms with van der Waals surface area (Å²) >= 11 is 0. The first-order chi connectivity index (χ1) is 40.8. The first-order valence-corrected chi connectivity index (χ1v) is 37.4. The zero-order valence-electron chi connectivity index (χ0n) is 55.1. The molecule has 3 unspecified atom stereocenters. The van der Waals surface area contributed by atoms with Gasteiger partial charge in [0.2, 0.25) is 0 Å². The van der Waals surface area contributed by atoms with Gasteiger partial charge in [-0.1, -0.05) is 273 Å². The van der Waals surface area contributed by atoms with Gasteiger partial charge in [0.25, 0.3) is 0 Å². The fraction of sp³-hybridized carbons (Fsp3) is 0.939. The van der Waals surface area contributed by atoms with Gasteiger partial charge in [0.05, 0.1) is 26.4 Å². The van der Waals surface area contributed by atoms with Crippen LogP contribution in [0.1, 0.15) is 325 Å². The predicted molar refractivity (Wildman–Crippen MR) is 340 cm³/mol. The highest BCUT2D eigenvalue weighted by Crippen LogP contribution is 2.45. The van der Waals surface area contributed by atoms with Crippen molar-refractivity contribution in [1.82, 2.24) is 0 Å². The Bertz CT molecular complexity index is 1680. The number of ether oxygens (including phenoxy) is 4. The van der Waals surface area contributed by atoms with E-state index in [-0.39, 0.29) is 25.7 Å². The lowest BCUT2D eigenvalue weighted by atomic mass is 10.00. The number of hydrogen-bond acceptors (Lipinski definition) is 15. The number of hydrogen-bond donors (Lipinski definition) is 3. The van der Waals surface area contributed by atoms with Crippen LogP contribution in [0.5, 0.6) is 0 Å². The van der Waals surface area contributed by atoms with E-state index in [2.05, 4.69) is 48.5 Å². The monoisotopic (exact) mass is 1250 g/mol. The summed E-state index contributed by atoms with van der Waals surface area (Å²) in [6.45, 7) is 11.7. The molecule has 0 saturated carbocycles. The lowest BCUT2D eigenvalue weighted by molar-refractivity contribution is -0.161. The summed E-state index contributed by atoms with van der Waals surface area (Å²) in [5, 5.41) is 10.5. The van der Waals surface area contributed by atoms with Crippen LogP contribution in [0.4, 0.5) is 0 Å². The second kappa shape index (κ2) is 57.2. The van der Waals surface area contributed by atoms with E-state index in [0.717, 1.165) is 115 Å². The Kier molecular flexibility index (Phi) is 55.9. The van der Waals surface area contributed by atoms with E-state index >= 15 is 0 Å². The van der Waals surface area contributed by atoms with Gasteiger partial charge in [-0.2, -0.15) is 0 Å². The quantitative estimate of drug-likeness (QED) is 0.0222. The Morgan fingerprint density at radius 1 is 0.341 bits per heavy atom. The lowest BCUT2D eigenvalue weighted by Gasteiger charge is -2.21. The van der Waals surface area contributed by atoms with Crippen LogP contribution in [0.15, 0.2) is 0 Å². The highest BCUT2D eigenvalue weighted by molar-refractivity contribution is 7.47. The number of rotatable bonds is 64. The maximum absolute atomic E-state index is 13.0. The second-order valence-corrected chi connectivity index (χ2v) is 28.0. The molecule has 0 aromatic heterocycles. The van der Waals surface area contributed by atoms with Crippen LogP contribution in [0.25, 0.3) is 0 Å². The summed E-state index contributed by atoms with van der Waals surface area (Å²) in [5.41, 5.74) is 0. The van der Waals surface area contributed by atoms with E-state index in [9.17, 15) is 43.2 Å². The highest BCUT2D eigenvalue weighted by Gasteiger charge is 2.30. The maximum Gasteiger partial charge on any atom is 0.472 e. The molecule has 0 spiro atoms. The number of aliphatic hydroxyl groups is 1. The number of carbonyl (C=O) groups is 4. The van der Waals surface area contributed by atoms with E-state index in [4.69, 9.17) is 37.0 Å². The molecule has 0 rings (SSSR count). The van der Waals surface area contributed by atoms with Gasteiger partial charge in [-0.15, -0.1) is 0 Å². The third-order valence-corrected chi connectivity index (χ3v) is 17.4. The standard InChI is InChI=1S/C66H128O17P2/c1-8-10-11-12-13-24-33-40-47-63(68)76-53-62(83-66(71)50-43-36-28-26-31-38-45-58(5)6)56-81-85(74,75)79-52-60(67)51-78-84(72,73)80-55-61(54-77-64(69)48-41-34-29-27-32-39-46-59(7)9-2)82-65(70)49-42-35-25-22-20-18-16-14-15-17-19-21-23-30-37-44-57(3)4/h57-62,67H,8-56H2,1-7H3,(H,72,73)(H,74,75)/t59?,60-,61-,62-/m1/s1. The molecule has 0 amide bonds. The first-order valence-electron chi connectivity index (χ1n) is 34.4. The van der Waals surface area contributed by atoms with Crippen LogP contribution in [0.3, 0.4) is 0 Å². The van der Waals surface area contributed by atoms with Crippen molar-refractivity contribution in [1.29, 1.82) is 0 Å². The Morgan fingerprint density at radius 3 is 0.894 bits per heavy atom.